The normalized spacial score (nSPS) is 23.4. The van der Waals surface area contributed by atoms with Crippen molar-refractivity contribution in [2.45, 2.75) is 57.6 Å². The van der Waals surface area contributed by atoms with Gasteiger partial charge >= 0.3 is 0 Å². The van der Waals surface area contributed by atoms with Gasteiger partial charge in [-0.15, -0.1) is 0 Å². The number of carbonyl (C=O) groups excluding carboxylic acids is 1. The summed E-state index contributed by atoms with van der Waals surface area (Å²) in [6.07, 6.45) is 7.36. The van der Waals surface area contributed by atoms with Crippen LogP contribution in [0, 0.1) is 0 Å². The topological polar surface area (TPSA) is 47.0 Å². The van der Waals surface area contributed by atoms with Crippen molar-refractivity contribution in [3.8, 4) is 0 Å². The standard InChI is InChI=1S/C22H33N3O2/c1-17(26)25-10-9-18-15-19(7-8-21(18)25)22(27)16-23-11-13-24(14-12-23)20-5-3-2-4-6-20/h7-8,15,20,22,27H,2-6,9-14,16H2,1H3/t22-/m1/s1. The molecule has 1 aliphatic carbocycles. The molecule has 5 nitrogen and oxygen atoms in total. The molecule has 2 aliphatic heterocycles. The van der Waals surface area contributed by atoms with Gasteiger partial charge in [0.15, 0.2) is 0 Å². The van der Waals surface area contributed by atoms with E-state index < -0.39 is 6.10 Å². The summed E-state index contributed by atoms with van der Waals surface area (Å²) < 4.78 is 0. The number of carbonyl (C=O) groups is 1. The minimum atomic E-state index is -0.456. The van der Waals surface area contributed by atoms with E-state index in [9.17, 15) is 9.90 Å². The molecular weight excluding hydrogens is 338 g/mol. The fourth-order valence-electron chi connectivity index (χ4n) is 5.06. The molecule has 1 N–H and O–H groups in total. The van der Waals surface area contributed by atoms with Crippen LogP contribution in [0.25, 0.3) is 0 Å². The van der Waals surface area contributed by atoms with E-state index in [0.717, 1.165) is 56.4 Å². The smallest absolute Gasteiger partial charge is 0.223 e. The summed E-state index contributed by atoms with van der Waals surface area (Å²) in [5, 5.41) is 10.8. The lowest BCUT2D eigenvalue weighted by Crippen LogP contribution is -2.51. The summed E-state index contributed by atoms with van der Waals surface area (Å²) >= 11 is 0. The van der Waals surface area contributed by atoms with Crippen molar-refractivity contribution in [3.05, 3.63) is 29.3 Å². The highest BCUT2D eigenvalue weighted by molar-refractivity contribution is 5.93. The average Bonchev–Trinajstić information content (AvgIpc) is 3.13. The monoisotopic (exact) mass is 371 g/mol. The van der Waals surface area contributed by atoms with Gasteiger partial charge in [0.05, 0.1) is 6.10 Å². The van der Waals surface area contributed by atoms with Crippen LogP contribution in [0.15, 0.2) is 18.2 Å². The van der Waals surface area contributed by atoms with Gasteiger partial charge in [-0.2, -0.15) is 0 Å². The zero-order chi connectivity index (χ0) is 18.8. The van der Waals surface area contributed by atoms with Crippen molar-refractivity contribution in [3.63, 3.8) is 0 Å². The van der Waals surface area contributed by atoms with E-state index in [1.165, 1.54) is 37.7 Å². The maximum absolute atomic E-state index is 11.7. The van der Waals surface area contributed by atoms with Crippen LogP contribution in [0.2, 0.25) is 0 Å². The van der Waals surface area contributed by atoms with Gasteiger partial charge in [-0.05, 0) is 36.5 Å². The first-order chi connectivity index (χ1) is 13.1. The summed E-state index contributed by atoms with van der Waals surface area (Å²) in [4.78, 5) is 18.6. The molecule has 1 amide bonds. The molecule has 5 heteroatoms. The van der Waals surface area contributed by atoms with Crippen LogP contribution in [-0.2, 0) is 11.2 Å². The van der Waals surface area contributed by atoms with Crippen LogP contribution >= 0.6 is 0 Å². The largest absolute Gasteiger partial charge is 0.387 e. The molecule has 0 spiro atoms. The zero-order valence-corrected chi connectivity index (χ0v) is 16.6. The molecular formula is C22H33N3O2. The molecule has 1 aromatic carbocycles. The van der Waals surface area contributed by atoms with Crippen LogP contribution in [0.5, 0.6) is 0 Å². The maximum Gasteiger partial charge on any atom is 0.223 e. The number of aliphatic hydroxyl groups is 1. The maximum atomic E-state index is 11.7. The number of rotatable bonds is 4. The molecule has 4 rings (SSSR count). The Kier molecular flexibility index (Phi) is 5.81. The molecule has 0 bridgehead atoms. The van der Waals surface area contributed by atoms with E-state index >= 15 is 0 Å². The number of piperazine rings is 1. The third-order valence-corrected chi connectivity index (χ3v) is 6.69. The molecule has 2 fully saturated rings. The van der Waals surface area contributed by atoms with Gasteiger partial charge in [-0.25, -0.2) is 0 Å². The van der Waals surface area contributed by atoms with Gasteiger partial charge in [0.1, 0.15) is 0 Å². The molecule has 148 valence electrons. The van der Waals surface area contributed by atoms with Gasteiger partial charge < -0.3 is 10.0 Å². The second-order valence-electron chi connectivity index (χ2n) is 8.45. The lowest BCUT2D eigenvalue weighted by molar-refractivity contribution is -0.116. The van der Waals surface area contributed by atoms with E-state index in [-0.39, 0.29) is 5.91 Å². The van der Waals surface area contributed by atoms with Crippen molar-refractivity contribution in [2.75, 3.05) is 44.2 Å². The quantitative estimate of drug-likeness (QED) is 0.884. The fraction of sp³-hybridized carbons (Fsp3) is 0.682. The predicted octanol–water partition coefficient (Wildman–Crippen LogP) is 2.58. The Hall–Kier alpha value is -1.43. The molecule has 0 unspecified atom stereocenters. The van der Waals surface area contributed by atoms with Crippen LogP contribution in [-0.4, -0.2) is 66.1 Å². The molecule has 2 heterocycles. The summed E-state index contributed by atoms with van der Waals surface area (Å²) in [6.45, 7) is 7.45. The Labute approximate surface area is 162 Å². The second kappa shape index (κ2) is 8.29. The first-order valence-electron chi connectivity index (χ1n) is 10.7. The number of aliphatic hydroxyl groups excluding tert-OH is 1. The van der Waals surface area contributed by atoms with Gasteiger partial charge in [0.25, 0.3) is 0 Å². The third kappa shape index (κ3) is 4.20. The highest BCUT2D eigenvalue weighted by atomic mass is 16.3. The highest BCUT2D eigenvalue weighted by Crippen LogP contribution is 2.31. The minimum absolute atomic E-state index is 0.0953. The summed E-state index contributed by atoms with van der Waals surface area (Å²) in [5.74, 6) is 0.0953. The predicted molar refractivity (Wildman–Crippen MR) is 108 cm³/mol. The van der Waals surface area contributed by atoms with Crippen LogP contribution in [0.1, 0.15) is 56.3 Å². The van der Waals surface area contributed by atoms with Crippen molar-refractivity contribution >= 4 is 11.6 Å². The number of β-amino-alcohol motifs (C(OH)–C–C–N with tert-alkyl or cyclic N) is 1. The first kappa shape index (κ1) is 18.9. The summed E-state index contributed by atoms with van der Waals surface area (Å²) in [5.41, 5.74) is 3.18. The Morgan fingerprint density at radius 1 is 1.11 bits per heavy atom. The average molecular weight is 372 g/mol. The number of hydrogen-bond acceptors (Lipinski definition) is 4. The van der Waals surface area contributed by atoms with Crippen molar-refractivity contribution in [2.24, 2.45) is 0 Å². The second-order valence-corrected chi connectivity index (χ2v) is 8.45. The fourth-order valence-corrected chi connectivity index (χ4v) is 5.06. The number of nitrogens with zero attached hydrogens (tertiary/aromatic N) is 3. The molecule has 3 aliphatic rings. The number of amides is 1. The lowest BCUT2D eigenvalue weighted by Gasteiger charge is -2.41. The Morgan fingerprint density at radius 3 is 2.56 bits per heavy atom. The summed E-state index contributed by atoms with van der Waals surface area (Å²) in [7, 11) is 0. The Bertz CT molecular complexity index is 664. The minimum Gasteiger partial charge on any atom is -0.387 e. The van der Waals surface area contributed by atoms with E-state index in [0.29, 0.717) is 6.54 Å². The molecule has 1 saturated heterocycles. The molecule has 0 aromatic heterocycles. The zero-order valence-electron chi connectivity index (χ0n) is 16.6. The third-order valence-electron chi connectivity index (χ3n) is 6.69. The van der Waals surface area contributed by atoms with Crippen LogP contribution in [0.3, 0.4) is 0 Å². The molecule has 27 heavy (non-hydrogen) atoms. The molecule has 1 saturated carbocycles. The number of benzene rings is 1. The number of hydrogen-bond donors (Lipinski definition) is 1. The summed E-state index contributed by atoms with van der Waals surface area (Å²) in [6, 6.07) is 6.89. The Balaban J connectivity index is 1.31. The number of fused-ring (bicyclic) bond motifs is 1. The molecule has 0 radical (unpaired) electrons. The number of anilines is 1. The van der Waals surface area contributed by atoms with Gasteiger partial charge in [-0.1, -0.05) is 31.4 Å². The molecule has 1 atom stereocenters. The Morgan fingerprint density at radius 2 is 1.85 bits per heavy atom. The van der Waals surface area contributed by atoms with E-state index in [1.807, 2.05) is 17.0 Å². The lowest BCUT2D eigenvalue weighted by atomic mass is 9.94. The highest BCUT2D eigenvalue weighted by Gasteiger charge is 2.27. The molecule has 1 aromatic rings. The van der Waals surface area contributed by atoms with Crippen LogP contribution < -0.4 is 4.90 Å². The van der Waals surface area contributed by atoms with Gasteiger partial charge in [-0.3, -0.25) is 14.6 Å². The van der Waals surface area contributed by atoms with Crippen LogP contribution in [0.4, 0.5) is 5.69 Å². The van der Waals surface area contributed by atoms with Crippen molar-refractivity contribution in [1.82, 2.24) is 9.80 Å². The van der Waals surface area contributed by atoms with E-state index in [2.05, 4.69) is 15.9 Å². The van der Waals surface area contributed by atoms with E-state index in [1.54, 1.807) is 6.92 Å². The van der Waals surface area contributed by atoms with Crippen molar-refractivity contribution in [1.29, 1.82) is 0 Å². The first-order valence-corrected chi connectivity index (χ1v) is 10.7. The van der Waals surface area contributed by atoms with Gasteiger partial charge in [0, 0.05) is 57.9 Å². The van der Waals surface area contributed by atoms with Gasteiger partial charge in [0.2, 0.25) is 5.91 Å². The van der Waals surface area contributed by atoms with Crippen molar-refractivity contribution < 1.29 is 9.90 Å². The van der Waals surface area contributed by atoms with E-state index in [4.69, 9.17) is 0 Å². The SMILES string of the molecule is CC(=O)N1CCc2cc([C@H](O)CN3CCN(C4CCCCC4)CC3)ccc21.